The number of anilines is 1. The van der Waals surface area contributed by atoms with Gasteiger partial charge in [-0.15, -0.1) is 0 Å². The zero-order chi connectivity index (χ0) is 21.9. The first-order valence-corrected chi connectivity index (χ1v) is 10.9. The maximum absolute atomic E-state index is 12.9. The topological polar surface area (TPSA) is 90.4 Å². The van der Waals surface area contributed by atoms with Crippen LogP contribution in [0.5, 0.6) is 17.2 Å². The quantitative estimate of drug-likeness (QED) is 0.533. The van der Waals surface area contributed by atoms with Gasteiger partial charge >= 0.3 is 0 Å². The van der Waals surface area contributed by atoms with Gasteiger partial charge in [0.15, 0.2) is 11.0 Å². The Morgan fingerprint density at radius 1 is 1.00 bits per heavy atom. The van der Waals surface area contributed by atoms with E-state index in [1.807, 2.05) is 0 Å². The molecule has 0 amide bonds. The third-order valence-electron chi connectivity index (χ3n) is 4.28. The Labute approximate surface area is 181 Å². The molecule has 0 atom stereocenters. The van der Waals surface area contributed by atoms with E-state index >= 15 is 0 Å². The lowest BCUT2D eigenvalue weighted by Crippen LogP contribution is -2.16. The van der Waals surface area contributed by atoms with E-state index in [1.54, 1.807) is 48.5 Å². The van der Waals surface area contributed by atoms with Gasteiger partial charge in [0, 0.05) is 6.07 Å². The van der Waals surface area contributed by atoms with Crippen LogP contribution in [0, 0.1) is 0 Å². The Morgan fingerprint density at radius 2 is 1.67 bits per heavy atom. The Hall–Kier alpha value is -2.84. The molecule has 0 fully saturated rings. The molecule has 3 aromatic rings. The van der Waals surface area contributed by atoms with Crippen molar-refractivity contribution in [2.75, 3.05) is 11.8 Å². The Morgan fingerprint density at radius 3 is 2.30 bits per heavy atom. The Balaban J connectivity index is 1.91. The van der Waals surface area contributed by atoms with Crippen LogP contribution in [0.2, 0.25) is 5.15 Å². The molecule has 0 saturated heterocycles. The number of nitrogens with zero attached hydrogens (tertiary/aromatic N) is 2. The van der Waals surface area contributed by atoms with Crippen molar-refractivity contribution in [1.82, 2.24) is 9.97 Å². The summed E-state index contributed by atoms with van der Waals surface area (Å²) in [5.74, 6) is 0.877. The normalized spacial score (nSPS) is 11.8. The molecule has 1 heterocycles. The molecule has 1 N–H and O–H groups in total. The van der Waals surface area contributed by atoms with E-state index in [0.29, 0.717) is 11.5 Å². The molecule has 0 radical (unpaired) electrons. The minimum absolute atomic E-state index is 0.0118. The highest BCUT2D eigenvalue weighted by atomic mass is 35.5. The van der Waals surface area contributed by atoms with Crippen molar-refractivity contribution in [3.05, 3.63) is 65.6 Å². The number of rotatable bonds is 6. The molecule has 0 saturated carbocycles. The summed E-state index contributed by atoms with van der Waals surface area (Å²) >= 11 is 6.16. The number of benzene rings is 2. The molecule has 0 aliphatic rings. The summed E-state index contributed by atoms with van der Waals surface area (Å²) in [6, 6.07) is 13.5. The van der Waals surface area contributed by atoms with Crippen LogP contribution in [0.3, 0.4) is 0 Å². The molecule has 0 aliphatic heterocycles. The van der Waals surface area contributed by atoms with Crippen molar-refractivity contribution >= 4 is 27.4 Å². The second-order valence-electron chi connectivity index (χ2n) is 7.50. The molecule has 0 unspecified atom stereocenters. The van der Waals surface area contributed by atoms with Gasteiger partial charge in [0.05, 0.1) is 12.0 Å². The summed E-state index contributed by atoms with van der Waals surface area (Å²) in [6.07, 6.45) is 1.15. The zero-order valence-electron chi connectivity index (χ0n) is 17.0. The van der Waals surface area contributed by atoms with E-state index in [4.69, 9.17) is 21.1 Å². The predicted octanol–water partition coefficient (Wildman–Crippen LogP) is 5.03. The highest BCUT2D eigenvalue weighted by molar-refractivity contribution is 7.92. The van der Waals surface area contributed by atoms with Crippen LogP contribution in [0.1, 0.15) is 26.3 Å². The van der Waals surface area contributed by atoms with E-state index in [0.717, 1.165) is 11.9 Å². The largest absolute Gasteiger partial charge is 0.497 e. The standard InChI is InChI=1S/C21H22ClN3O4S/c1-21(2,3)14-8-10-17(11-9-14)30(26,27)25-20-18(19(22)23-13-24-20)29-16-7-5-6-15(12-16)28-4/h5-13H,1-4H3,(H,23,24,25). The maximum atomic E-state index is 12.9. The SMILES string of the molecule is COc1cccc(Oc2c(Cl)ncnc2NS(=O)(=O)c2ccc(C(C)(C)C)cc2)c1. The Kier molecular flexibility index (Phi) is 6.19. The van der Waals surface area contributed by atoms with Crippen molar-refractivity contribution in [2.24, 2.45) is 0 Å². The third-order valence-corrected chi connectivity index (χ3v) is 5.91. The van der Waals surface area contributed by atoms with Crippen LogP contribution in [-0.2, 0) is 15.4 Å². The molecule has 7 nitrogen and oxygen atoms in total. The fraction of sp³-hybridized carbons (Fsp3) is 0.238. The first-order chi connectivity index (χ1) is 14.1. The summed E-state index contributed by atoms with van der Waals surface area (Å²) in [4.78, 5) is 7.98. The molecular formula is C21H22ClN3O4S. The first kappa shape index (κ1) is 21.9. The van der Waals surface area contributed by atoms with Gasteiger partial charge in [0.2, 0.25) is 5.75 Å². The van der Waals surface area contributed by atoms with E-state index in [9.17, 15) is 8.42 Å². The van der Waals surface area contributed by atoms with Gasteiger partial charge in [-0.1, -0.05) is 50.6 Å². The van der Waals surface area contributed by atoms with Gasteiger partial charge in [-0.2, -0.15) is 0 Å². The minimum atomic E-state index is -3.92. The molecule has 0 aliphatic carbocycles. The number of aromatic nitrogens is 2. The van der Waals surface area contributed by atoms with Crippen LogP contribution < -0.4 is 14.2 Å². The van der Waals surface area contributed by atoms with Crippen molar-refractivity contribution in [2.45, 2.75) is 31.1 Å². The number of ether oxygens (including phenoxy) is 2. The van der Waals surface area contributed by atoms with Crippen molar-refractivity contribution in [1.29, 1.82) is 0 Å². The Bertz CT molecular complexity index is 1140. The molecular weight excluding hydrogens is 426 g/mol. The zero-order valence-corrected chi connectivity index (χ0v) is 18.6. The van der Waals surface area contributed by atoms with Crippen LogP contribution in [-0.4, -0.2) is 25.5 Å². The predicted molar refractivity (Wildman–Crippen MR) is 116 cm³/mol. The van der Waals surface area contributed by atoms with Gasteiger partial charge in [-0.05, 0) is 35.2 Å². The van der Waals surface area contributed by atoms with E-state index in [2.05, 4.69) is 35.5 Å². The van der Waals surface area contributed by atoms with Gasteiger partial charge in [0.1, 0.15) is 17.8 Å². The van der Waals surface area contributed by atoms with Crippen LogP contribution in [0.25, 0.3) is 0 Å². The number of halogens is 1. The average Bonchev–Trinajstić information content (AvgIpc) is 2.70. The van der Waals surface area contributed by atoms with Crippen molar-refractivity contribution in [3.63, 3.8) is 0 Å². The smallest absolute Gasteiger partial charge is 0.263 e. The second-order valence-corrected chi connectivity index (χ2v) is 9.54. The fourth-order valence-electron chi connectivity index (χ4n) is 2.62. The number of hydrogen-bond donors (Lipinski definition) is 1. The van der Waals surface area contributed by atoms with Crippen LogP contribution >= 0.6 is 11.6 Å². The minimum Gasteiger partial charge on any atom is -0.497 e. The lowest BCUT2D eigenvalue weighted by atomic mass is 9.87. The molecule has 3 rings (SSSR count). The van der Waals surface area contributed by atoms with Gasteiger partial charge < -0.3 is 9.47 Å². The summed E-state index contributed by atoms with van der Waals surface area (Å²) in [7, 11) is -2.39. The van der Waals surface area contributed by atoms with E-state index in [1.165, 1.54) is 7.11 Å². The van der Waals surface area contributed by atoms with Gasteiger partial charge in [-0.25, -0.2) is 18.4 Å². The van der Waals surface area contributed by atoms with Crippen LogP contribution in [0.4, 0.5) is 5.82 Å². The lowest BCUT2D eigenvalue weighted by molar-refractivity contribution is 0.409. The molecule has 1 aromatic heterocycles. The molecule has 0 spiro atoms. The highest BCUT2D eigenvalue weighted by Crippen LogP contribution is 2.35. The number of nitrogens with one attached hydrogen (secondary N) is 1. The van der Waals surface area contributed by atoms with E-state index in [-0.39, 0.29) is 27.0 Å². The summed E-state index contributed by atoms with van der Waals surface area (Å²) in [6.45, 7) is 6.17. The maximum Gasteiger partial charge on any atom is 0.263 e. The summed E-state index contributed by atoms with van der Waals surface area (Å²) in [5, 5.41) is -0.0337. The number of sulfonamides is 1. The summed E-state index contributed by atoms with van der Waals surface area (Å²) in [5.41, 5.74) is 0.932. The summed E-state index contributed by atoms with van der Waals surface area (Å²) < 4.78 is 39.1. The monoisotopic (exact) mass is 447 g/mol. The molecule has 158 valence electrons. The number of methoxy groups -OCH3 is 1. The average molecular weight is 448 g/mol. The van der Waals surface area contributed by atoms with Gasteiger partial charge in [0.25, 0.3) is 10.0 Å². The second kappa shape index (κ2) is 8.49. The fourth-order valence-corrected chi connectivity index (χ4v) is 3.80. The van der Waals surface area contributed by atoms with Crippen molar-refractivity contribution in [3.8, 4) is 17.2 Å². The molecule has 30 heavy (non-hydrogen) atoms. The number of hydrogen-bond acceptors (Lipinski definition) is 6. The highest BCUT2D eigenvalue weighted by Gasteiger charge is 2.22. The van der Waals surface area contributed by atoms with Gasteiger partial charge in [-0.3, -0.25) is 4.72 Å². The lowest BCUT2D eigenvalue weighted by Gasteiger charge is -2.19. The molecule has 0 bridgehead atoms. The third kappa shape index (κ3) is 5.01. The molecule has 2 aromatic carbocycles. The van der Waals surface area contributed by atoms with Crippen LogP contribution in [0.15, 0.2) is 59.8 Å². The van der Waals surface area contributed by atoms with Crippen molar-refractivity contribution < 1.29 is 17.9 Å². The first-order valence-electron chi connectivity index (χ1n) is 9.06. The molecule has 9 heteroatoms. The van der Waals surface area contributed by atoms with E-state index < -0.39 is 10.0 Å².